The smallest absolute Gasteiger partial charge is 0.391 e. The van der Waals surface area contributed by atoms with E-state index in [1.165, 1.54) is 30.3 Å². The van der Waals surface area contributed by atoms with Gasteiger partial charge in [0.05, 0.1) is 11.7 Å². The summed E-state index contributed by atoms with van der Waals surface area (Å²) in [5.41, 5.74) is 0.215. The number of benzene rings is 2. The summed E-state index contributed by atoms with van der Waals surface area (Å²) in [4.78, 5) is 2.02. The lowest BCUT2D eigenvalue weighted by molar-refractivity contribution is -0.137. The van der Waals surface area contributed by atoms with E-state index < -0.39 is 29.6 Å². The van der Waals surface area contributed by atoms with Gasteiger partial charge in [0.2, 0.25) is 0 Å². The van der Waals surface area contributed by atoms with Crippen molar-refractivity contribution in [3.8, 4) is 0 Å². The van der Waals surface area contributed by atoms with E-state index in [0.29, 0.717) is 11.1 Å². The number of aliphatic hydroxyl groups is 1. The molecule has 0 aromatic heterocycles. The van der Waals surface area contributed by atoms with Gasteiger partial charge in [0.25, 0.3) is 0 Å². The Kier molecular flexibility index (Phi) is 5.34. The van der Waals surface area contributed by atoms with Crippen molar-refractivity contribution in [1.29, 1.82) is 0 Å². The van der Waals surface area contributed by atoms with Crippen LogP contribution in [-0.2, 0) is 6.18 Å². The van der Waals surface area contributed by atoms with Crippen molar-refractivity contribution in [3.63, 3.8) is 0 Å². The molecule has 0 amide bonds. The molecule has 2 aromatic carbocycles. The van der Waals surface area contributed by atoms with Crippen LogP contribution in [-0.4, -0.2) is 35.7 Å². The molecule has 3 rings (SSSR count). The molecule has 0 saturated carbocycles. The highest BCUT2D eigenvalue weighted by atomic mass is 19.4. The fourth-order valence-electron chi connectivity index (χ4n) is 3.76. The monoisotopic (exact) mass is 367 g/mol. The van der Waals surface area contributed by atoms with Crippen molar-refractivity contribution in [1.82, 2.24) is 4.90 Å². The Balaban J connectivity index is 2.04. The first-order valence-electron chi connectivity index (χ1n) is 8.58. The maximum atomic E-state index is 13.3. The topological polar surface area (TPSA) is 23.5 Å². The highest BCUT2D eigenvalue weighted by molar-refractivity contribution is 5.37. The van der Waals surface area contributed by atoms with Gasteiger partial charge in [-0.1, -0.05) is 30.3 Å². The van der Waals surface area contributed by atoms with Gasteiger partial charge in [-0.25, -0.2) is 4.39 Å². The Labute approximate surface area is 150 Å². The van der Waals surface area contributed by atoms with Crippen molar-refractivity contribution in [3.05, 3.63) is 71.0 Å². The first-order chi connectivity index (χ1) is 12.3. The Hall–Kier alpha value is -1.92. The Morgan fingerprint density at radius 3 is 2.35 bits per heavy atom. The molecule has 140 valence electrons. The summed E-state index contributed by atoms with van der Waals surface area (Å²) < 4.78 is 52.7. The van der Waals surface area contributed by atoms with Crippen LogP contribution in [0.25, 0.3) is 0 Å². The molecule has 2 aromatic rings. The third-order valence-corrected chi connectivity index (χ3v) is 5.11. The third-order valence-electron chi connectivity index (χ3n) is 5.11. The predicted octanol–water partition coefficient (Wildman–Crippen LogP) is 4.43. The number of likely N-dealkylation sites (tertiary alicyclic amines) is 1. The quantitative estimate of drug-likeness (QED) is 0.808. The van der Waals surface area contributed by atoms with Crippen LogP contribution in [0.3, 0.4) is 0 Å². The van der Waals surface area contributed by atoms with Crippen LogP contribution in [0, 0.1) is 5.82 Å². The van der Waals surface area contributed by atoms with Crippen molar-refractivity contribution in [2.24, 2.45) is 0 Å². The van der Waals surface area contributed by atoms with Gasteiger partial charge in [-0.3, -0.25) is 0 Å². The van der Waals surface area contributed by atoms with Crippen molar-refractivity contribution < 1.29 is 22.7 Å². The lowest BCUT2D eigenvalue weighted by Gasteiger charge is -2.32. The molecule has 1 heterocycles. The second kappa shape index (κ2) is 7.37. The largest absolute Gasteiger partial charge is 0.416 e. The normalized spacial score (nSPS) is 20.9. The summed E-state index contributed by atoms with van der Waals surface area (Å²) in [7, 11) is 1.90. The Morgan fingerprint density at radius 2 is 1.77 bits per heavy atom. The number of hydrogen-bond donors (Lipinski definition) is 1. The first-order valence-corrected chi connectivity index (χ1v) is 8.58. The number of nitrogens with zero attached hydrogens (tertiary/aromatic N) is 1. The van der Waals surface area contributed by atoms with Crippen LogP contribution in [0.5, 0.6) is 0 Å². The molecule has 0 bridgehead atoms. The van der Waals surface area contributed by atoms with Gasteiger partial charge in [0.15, 0.2) is 0 Å². The van der Waals surface area contributed by atoms with E-state index in [9.17, 15) is 22.7 Å². The zero-order valence-corrected chi connectivity index (χ0v) is 14.4. The van der Waals surface area contributed by atoms with Crippen LogP contribution in [0.2, 0.25) is 0 Å². The van der Waals surface area contributed by atoms with Crippen molar-refractivity contribution in [2.45, 2.75) is 37.1 Å². The minimum absolute atomic E-state index is 0.153. The molecule has 1 saturated heterocycles. The van der Waals surface area contributed by atoms with Gasteiger partial charge in [-0.2, -0.15) is 13.2 Å². The SMILES string of the molecule is CN1CCC[C@@H]1[C@@H](O)[C@H](c1ccc(F)cc1)c1cccc(C(F)(F)F)c1. The van der Waals surface area contributed by atoms with E-state index in [-0.39, 0.29) is 6.04 Å². The fourth-order valence-corrected chi connectivity index (χ4v) is 3.76. The highest BCUT2D eigenvalue weighted by Crippen LogP contribution is 2.37. The Morgan fingerprint density at radius 1 is 1.08 bits per heavy atom. The standard InChI is InChI=1S/C20H21F4NO/c1-25-11-3-6-17(25)19(26)18(13-7-9-16(21)10-8-13)14-4-2-5-15(12-14)20(22,23)24/h2,4-5,7-10,12,17-19,26H,3,6,11H2,1H3/t17-,18-,19-/m1/s1. The van der Waals surface area contributed by atoms with Gasteiger partial charge in [-0.05, 0) is 55.8 Å². The molecule has 0 unspecified atom stereocenters. The number of halogens is 4. The van der Waals surface area contributed by atoms with Crippen LogP contribution in [0.1, 0.15) is 35.4 Å². The number of likely N-dealkylation sites (N-methyl/N-ethyl adjacent to an activating group) is 1. The predicted molar refractivity (Wildman–Crippen MR) is 91.3 cm³/mol. The molecular weight excluding hydrogens is 346 g/mol. The second-order valence-corrected chi connectivity index (χ2v) is 6.83. The van der Waals surface area contributed by atoms with E-state index in [1.807, 2.05) is 11.9 Å². The number of hydrogen-bond acceptors (Lipinski definition) is 2. The summed E-state index contributed by atoms with van der Waals surface area (Å²) in [6, 6.07) is 10.4. The second-order valence-electron chi connectivity index (χ2n) is 6.83. The summed E-state index contributed by atoms with van der Waals surface area (Å²) in [5, 5.41) is 11.0. The molecule has 0 aliphatic carbocycles. The lowest BCUT2D eigenvalue weighted by atomic mass is 9.82. The van der Waals surface area contributed by atoms with Gasteiger partial charge in [0, 0.05) is 12.0 Å². The molecule has 2 nitrogen and oxygen atoms in total. The molecule has 1 aliphatic heterocycles. The summed E-state index contributed by atoms with van der Waals surface area (Å²) >= 11 is 0. The van der Waals surface area contributed by atoms with Gasteiger partial charge < -0.3 is 10.0 Å². The van der Waals surface area contributed by atoms with Crippen molar-refractivity contribution in [2.75, 3.05) is 13.6 Å². The number of rotatable bonds is 4. The van der Waals surface area contributed by atoms with Crippen LogP contribution >= 0.6 is 0 Å². The first kappa shape index (κ1) is 18.9. The molecule has 6 heteroatoms. The third kappa shape index (κ3) is 3.91. The molecule has 1 N–H and O–H groups in total. The van der Waals surface area contributed by atoms with Crippen molar-refractivity contribution >= 4 is 0 Å². The van der Waals surface area contributed by atoms with E-state index >= 15 is 0 Å². The summed E-state index contributed by atoms with van der Waals surface area (Å²) in [6.45, 7) is 0.834. The molecule has 1 fully saturated rings. The molecule has 0 radical (unpaired) electrons. The summed E-state index contributed by atoms with van der Waals surface area (Å²) in [6.07, 6.45) is -3.65. The van der Waals surface area contributed by atoms with Crippen LogP contribution in [0.15, 0.2) is 48.5 Å². The van der Waals surface area contributed by atoms with Crippen LogP contribution < -0.4 is 0 Å². The fraction of sp³-hybridized carbons (Fsp3) is 0.400. The minimum Gasteiger partial charge on any atom is -0.391 e. The zero-order valence-electron chi connectivity index (χ0n) is 14.4. The molecular formula is C20H21F4NO. The number of aliphatic hydroxyl groups excluding tert-OH is 1. The molecule has 3 atom stereocenters. The van der Waals surface area contributed by atoms with Gasteiger partial charge in [0.1, 0.15) is 5.82 Å². The van der Waals surface area contributed by atoms with E-state index in [0.717, 1.165) is 31.5 Å². The molecule has 1 aliphatic rings. The van der Waals surface area contributed by atoms with E-state index in [4.69, 9.17) is 0 Å². The minimum atomic E-state index is -4.46. The average Bonchev–Trinajstić information content (AvgIpc) is 3.02. The maximum Gasteiger partial charge on any atom is 0.416 e. The maximum absolute atomic E-state index is 13.3. The van der Waals surface area contributed by atoms with E-state index in [1.54, 1.807) is 6.07 Å². The average molecular weight is 367 g/mol. The molecule has 26 heavy (non-hydrogen) atoms. The zero-order chi connectivity index (χ0) is 18.9. The highest BCUT2D eigenvalue weighted by Gasteiger charge is 2.36. The van der Waals surface area contributed by atoms with E-state index in [2.05, 4.69) is 0 Å². The van der Waals surface area contributed by atoms with Crippen LogP contribution in [0.4, 0.5) is 17.6 Å². The van der Waals surface area contributed by atoms with Gasteiger partial charge in [-0.15, -0.1) is 0 Å². The number of alkyl halides is 3. The molecule has 0 spiro atoms. The Bertz CT molecular complexity index is 744. The summed E-state index contributed by atoms with van der Waals surface area (Å²) in [5.74, 6) is -1.09. The lowest BCUT2D eigenvalue weighted by Crippen LogP contribution is -2.40. The van der Waals surface area contributed by atoms with Gasteiger partial charge >= 0.3 is 6.18 Å².